The molecule has 0 aliphatic carbocycles. The lowest BCUT2D eigenvalue weighted by atomic mass is 9.88. The number of hydrogen-bond donors (Lipinski definition) is 2. The van der Waals surface area contributed by atoms with Crippen LogP contribution in [0, 0.1) is 11.7 Å². The minimum atomic E-state index is -0.721. The molecule has 3 N–H and O–H groups in total. The van der Waals surface area contributed by atoms with Crippen molar-refractivity contribution >= 4 is 5.91 Å². The van der Waals surface area contributed by atoms with Crippen molar-refractivity contribution in [3.8, 4) is 5.75 Å². The Kier molecular flexibility index (Phi) is 5.51. The van der Waals surface area contributed by atoms with Crippen LogP contribution in [0.1, 0.15) is 27.7 Å². The van der Waals surface area contributed by atoms with Crippen LogP contribution >= 0.6 is 0 Å². The molecular formula is C15H23FN2O2. The van der Waals surface area contributed by atoms with Crippen molar-refractivity contribution in [2.24, 2.45) is 11.7 Å². The number of rotatable bonds is 6. The maximum Gasteiger partial charge on any atom is 0.261 e. The number of benzene rings is 1. The maximum absolute atomic E-state index is 13.1. The van der Waals surface area contributed by atoms with Gasteiger partial charge < -0.3 is 15.8 Å². The molecule has 5 heteroatoms. The molecule has 0 bridgehead atoms. The third kappa shape index (κ3) is 4.20. The van der Waals surface area contributed by atoms with Crippen molar-refractivity contribution in [3.63, 3.8) is 0 Å². The van der Waals surface area contributed by atoms with Gasteiger partial charge >= 0.3 is 0 Å². The zero-order valence-electron chi connectivity index (χ0n) is 12.4. The van der Waals surface area contributed by atoms with Crippen molar-refractivity contribution in [1.82, 2.24) is 5.32 Å². The summed E-state index contributed by atoms with van der Waals surface area (Å²) in [5.41, 5.74) is 5.23. The first-order valence-electron chi connectivity index (χ1n) is 6.73. The highest BCUT2D eigenvalue weighted by Gasteiger charge is 2.30. The first-order chi connectivity index (χ1) is 9.28. The van der Waals surface area contributed by atoms with Gasteiger partial charge in [0, 0.05) is 12.6 Å². The number of halogens is 1. The van der Waals surface area contributed by atoms with Crippen LogP contribution in [-0.2, 0) is 4.79 Å². The molecule has 20 heavy (non-hydrogen) atoms. The Morgan fingerprint density at radius 3 is 2.60 bits per heavy atom. The molecule has 0 saturated carbocycles. The van der Waals surface area contributed by atoms with E-state index in [1.54, 1.807) is 13.0 Å². The summed E-state index contributed by atoms with van der Waals surface area (Å²) in [6.07, 6.45) is -0.721. The Hall–Kier alpha value is -1.62. The van der Waals surface area contributed by atoms with Crippen LogP contribution in [0.3, 0.4) is 0 Å². The second-order valence-electron chi connectivity index (χ2n) is 5.48. The van der Waals surface area contributed by atoms with Crippen LogP contribution < -0.4 is 15.8 Å². The fraction of sp³-hybridized carbons (Fsp3) is 0.533. The summed E-state index contributed by atoms with van der Waals surface area (Å²) in [7, 11) is 0. The van der Waals surface area contributed by atoms with E-state index < -0.39 is 17.5 Å². The van der Waals surface area contributed by atoms with Crippen LogP contribution in [0.5, 0.6) is 5.75 Å². The van der Waals surface area contributed by atoms with Gasteiger partial charge in [-0.2, -0.15) is 0 Å². The topological polar surface area (TPSA) is 64.3 Å². The van der Waals surface area contributed by atoms with Gasteiger partial charge in [0.05, 0.1) is 5.54 Å². The third-order valence-electron chi connectivity index (χ3n) is 3.59. The molecule has 1 amide bonds. The summed E-state index contributed by atoms with van der Waals surface area (Å²) in [4.78, 5) is 12.1. The molecule has 1 rings (SSSR count). The Bertz CT molecular complexity index is 465. The van der Waals surface area contributed by atoms with E-state index in [9.17, 15) is 9.18 Å². The van der Waals surface area contributed by atoms with Crippen molar-refractivity contribution in [1.29, 1.82) is 0 Å². The van der Waals surface area contributed by atoms with Crippen LogP contribution in [0.4, 0.5) is 4.39 Å². The quantitative estimate of drug-likeness (QED) is 0.839. The average Bonchev–Trinajstić information content (AvgIpc) is 2.38. The molecular weight excluding hydrogens is 259 g/mol. The molecule has 2 unspecified atom stereocenters. The zero-order chi connectivity index (χ0) is 15.3. The molecule has 0 radical (unpaired) electrons. The van der Waals surface area contributed by atoms with E-state index in [0.29, 0.717) is 12.3 Å². The third-order valence-corrected chi connectivity index (χ3v) is 3.59. The van der Waals surface area contributed by atoms with Crippen molar-refractivity contribution < 1.29 is 13.9 Å². The van der Waals surface area contributed by atoms with Gasteiger partial charge in [-0.15, -0.1) is 0 Å². The summed E-state index contributed by atoms with van der Waals surface area (Å²) in [6.45, 7) is 7.83. The summed E-state index contributed by atoms with van der Waals surface area (Å²) < 4.78 is 18.5. The number of nitrogens with two attached hydrogens (primary N) is 1. The largest absolute Gasteiger partial charge is 0.481 e. The molecule has 112 valence electrons. The number of ether oxygens (including phenoxy) is 1. The van der Waals surface area contributed by atoms with Crippen LogP contribution in [0.15, 0.2) is 24.3 Å². The first-order valence-corrected chi connectivity index (χ1v) is 6.73. The predicted molar refractivity (Wildman–Crippen MR) is 76.9 cm³/mol. The second-order valence-corrected chi connectivity index (χ2v) is 5.48. The highest BCUT2D eigenvalue weighted by Crippen LogP contribution is 2.17. The van der Waals surface area contributed by atoms with Gasteiger partial charge in [-0.1, -0.05) is 19.9 Å². The van der Waals surface area contributed by atoms with Gasteiger partial charge in [-0.05, 0) is 31.9 Å². The van der Waals surface area contributed by atoms with Gasteiger partial charge in [-0.25, -0.2) is 4.39 Å². The van der Waals surface area contributed by atoms with E-state index in [2.05, 4.69) is 5.32 Å². The van der Waals surface area contributed by atoms with Crippen LogP contribution in [0.2, 0.25) is 0 Å². The number of hydrogen-bond acceptors (Lipinski definition) is 3. The summed E-state index contributed by atoms with van der Waals surface area (Å²) in [5, 5.41) is 2.89. The molecule has 0 heterocycles. The molecule has 1 aromatic carbocycles. The number of nitrogens with one attached hydrogen (secondary N) is 1. The Labute approximate surface area is 119 Å². The molecule has 0 spiro atoms. The molecule has 2 atom stereocenters. The number of carbonyl (C=O) groups excluding carboxylic acids is 1. The minimum Gasteiger partial charge on any atom is -0.481 e. The Morgan fingerprint density at radius 1 is 1.45 bits per heavy atom. The summed E-state index contributed by atoms with van der Waals surface area (Å²) in [5.74, 6) is -0.149. The lowest BCUT2D eigenvalue weighted by Gasteiger charge is -2.34. The van der Waals surface area contributed by atoms with Crippen LogP contribution in [-0.4, -0.2) is 24.1 Å². The first kappa shape index (κ1) is 16.4. The van der Waals surface area contributed by atoms with Gasteiger partial charge in [-0.3, -0.25) is 4.79 Å². The predicted octanol–water partition coefficient (Wildman–Crippen LogP) is 2.08. The molecule has 0 aliphatic heterocycles. The fourth-order valence-corrected chi connectivity index (χ4v) is 1.61. The zero-order valence-corrected chi connectivity index (χ0v) is 12.4. The van der Waals surface area contributed by atoms with E-state index in [4.69, 9.17) is 10.5 Å². The van der Waals surface area contributed by atoms with Crippen molar-refractivity contribution in [3.05, 3.63) is 30.1 Å². The fourth-order valence-electron chi connectivity index (χ4n) is 1.61. The highest BCUT2D eigenvalue weighted by molar-refractivity contribution is 5.81. The maximum atomic E-state index is 13.1. The van der Waals surface area contributed by atoms with E-state index in [1.165, 1.54) is 18.2 Å². The summed E-state index contributed by atoms with van der Waals surface area (Å²) >= 11 is 0. The van der Waals surface area contributed by atoms with Gasteiger partial charge in [0.15, 0.2) is 6.10 Å². The van der Waals surface area contributed by atoms with Crippen molar-refractivity contribution in [2.45, 2.75) is 39.3 Å². The van der Waals surface area contributed by atoms with Gasteiger partial charge in [0.25, 0.3) is 5.91 Å². The highest BCUT2D eigenvalue weighted by atomic mass is 19.1. The second kappa shape index (κ2) is 6.70. The number of carbonyl (C=O) groups is 1. The van der Waals surface area contributed by atoms with E-state index in [1.807, 2.05) is 20.8 Å². The van der Waals surface area contributed by atoms with Crippen molar-refractivity contribution in [2.75, 3.05) is 6.54 Å². The molecule has 0 aliphatic rings. The standard InChI is InChI=1S/C15H23FN2O2/c1-10(2)15(4,9-17)18-14(19)11(3)20-13-7-5-6-12(16)8-13/h5-8,10-11H,9,17H2,1-4H3,(H,18,19). The van der Waals surface area contributed by atoms with Crippen LogP contribution in [0.25, 0.3) is 0 Å². The lowest BCUT2D eigenvalue weighted by Crippen LogP contribution is -2.57. The molecule has 1 aromatic rings. The normalized spacial score (nSPS) is 15.6. The van der Waals surface area contributed by atoms with E-state index in [0.717, 1.165) is 0 Å². The van der Waals surface area contributed by atoms with E-state index in [-0.39, 0.29) is 11.8 Å². The molecule has 0 aromatic heterocycles. The smallest absolute Gasteiger partial charge is 0.261 e. The Morgan fingerprint density at radius 2 is 2.10 bits per heavy atom. The molecule has 0 saturated heterocycles. The minimum absolute atomic E-state index is 0.192. The SMILES string of the molecule is CC(Oc1cccc(F)c1)C(=O)NC(C)(CN)C(C)C. The average molecular weight is 282 g/mol. The molecule has 4 nitrogen and oxygen atoms in total. The summed E-state index contributed by atoms with van der Waals surface area (Å²) in [6, 6.07) is 5.71. The van der Waals surface area contributed by atoms with Gasteiger partial charge in [0.1, 0.15) is 11.6 Å². The number of amides is 1. The monoisotopic (exact) mass is 282 g/mol. The van der Waals surface area contributed by atoms with E-state index >= 15 is 0 Å². The molecule has 0 fully saturated rings. The van der Waals surface area contributed by atoms with Gasteiger partial charge in [0.2, 0.25) is 0 Å². The Balaban J connectivity index is 2.68. The lowest BCUT2D eigenvalue weighted by molar-refractivity contribution is -0.129.